The molecule has 2 atom stereocenters. The van der Waals surface area contributed by atoms with Crippen molar-refractivity contribution >= 4 is 35.2 Å². The van der Waals surface area contributed by atoms with Crippen molar-refractivity contribution in [3.63, 3.8) is 0 Å². The fourth-order valence-electron chi connectivity index (χ4n) is 5.12. The number of amides is 3. The third-order valence-electron chi connectivity index (χ3n) is 7.05. The van der Waals surface area contributed by atoms with Gasteiger partial charge in [-0.05, 0) is 37.5 Å². The van der Waals surface area contributed by atoms with E-state index in [4.69, 9.17) is 4.74 Å². The lowest BCUT2D eigenvalue weighted by Crippen LogP contribution is -2.64. The minimum absolute atomic E-state index is 0.0665. The zero-order valence-electron chi connectivity index (χ0n) is 25.4. The van der Waals surface area contributed by atoms with Crippen molar-refractivity contribution in [2.24, 2.45) is 5.92 Å². The van der Waals surface area contributed by atoms with Gasteiger partial charge in [0.15, 0.2) is 0 Å². The molecule has 1 aromatic heterocycles. The number of Topliss-reactive ketones (excluding diaryl/α,β-unsaturated/α-hetero) is 1. The number of ether oxygens (including phenoxy) is 1. The van der Waals surface area contributed by atoms with E-state index < -0.39 is 53.6 Å². The average molecular weight is 597 g/mol. The normalized spacial score (nSPS) is 15.6. The van der Waals surface area contributed by atoms with E-state index in [0.29, 0.717) is 11.1 Å². The average Bonchev–Trinajstić information content (AvgIpc) is 3.01. The fraction of sp³-hybridized carbons (Fsp3) is 0.294. The summed E-state index contributed by atoms with van der Waals surface area (Å²) in [5.41, 5.74) is 1.63. The minimum atomic E-state index is -1.43. The maximum absolute atomic E-state index is 14.6. The predicted molar refractivity (Wildman–Crippen MR) is 163 cm³/mol. The molecule has 4 rings (SSSR count). The van der Waals surface area contributed by atoms with Gasteiger partial charge in [-0.1, -0.05) is 74.5 Å². The number of aromatic nitrogens is 1. The highest BCUT2D eigenvalue weighted by molar-refractivity contribution is 6.36. The van der Waals surface area contributed by atoms with Crippen LogP contribution in [0.25, 0.3) is 5.70 Å². The molecule has 0 saturated carbocycles. The third-order valence-corrected chi connectivity index (χ3v) is 7.05. The quantitative estimate of drug-likeness (QED) is 0.253. The number of nitrogens with zero attached hydrogens (tertiary/aromatic N) is 4. The van der Waals surface area contributed by atoms with Crippen LogP contribution in [-0.2, 0) is 30.3 Å². The van der Waals surface area contributed by atoms with Crippen LogP contribution in [0.2, 0.25) is 0 Å². The molecule has 10 heteroatoms. The molecule has 0 N–H and O–H groups in total. The number of hydrazine groups is 1. The van der Waals surface area contributed by atoms with Crippen LogP contribution in [0.1, 0.15) is 56.1 Å². The molecule has 3 amide bonds. The van der Waals surface area contributed by atoms with Gasteiger partial charge in [0.2, 0.25) is 5.91 Å². The number of ketones is 1. The number of hydrogen-bond acceptors (Lipinski definition) is 7. The molecule has 0 fully saturated rings. The largest absolute Gasteiger partial charge is 0.457 e. The van der Waals surface area contributed by atoms with Crippen molar-refractivity contribution in [1.82, 2.24) is 19.9 Å². The molecule has 0 bridgehead atoms. The minimum Gasteiger partial charge on any atom is -0.457 e. The Hall–Kier alpha value is -5.12. The summed E-state index contributed by atoms with van der Waals surface area (Å²) in [5, 5.41) is 2.17. The second-order valence-electron chi connectivity index (χ2n) is 11.1. The summed E-state index contributed by atoms with van der Waals surface area (Å²) in [4.78, 5) is 74.2. The zero-order valence-corrected chi connectivity index (χ0v) is 25.4. The third kappa shape index (κ3) is 6.91. The van der Waals surface area contributed by atoms with Gasteiger partial charge in [-0.15, -0.1) is 0 Å². The van der Waals surface area contributed by atoms with Gasteiger partial charge in [0.1, 0.15) is 12.1 Å². The van der Waals surface area contributed by atoms with Crippen LogP contribution >= 0.6 is 0 Å². The summed E-state index contributed by atoms with van der Waals surface area (Å²) >= 11 is 0. The lowest BCUT2D eigenvalue weighted by Gasteiger charge is -2.46. The van der Waals surface area contributed by atoms with Crippen molar-refractivity contribution in [2.75, 3.05) is 0 Å². The van der Waals surface area contributed by atoms with Crippen LogP contribution in [0.4, 0.5) is 0 Å². The predicted octanol–water partition coefficient (Wildman–Crippen LogP) is 4.28. The summed E-state index contributed by atoms with van der Waals surface area (Å²) in [7, 11) is 0. The molecule has 1 unspecified atom stereocenters. The summed E-state index contributed by atoms with van der Waals surface area (Å²) in [6, 6.07) is 18.4. The Morgan fingerprint density at radius 3 is 2.09 bits per heavy atom. The Kier molecular flexibility index (Phi) is 10.0. The SMILES string of the molecule is CC(=O)N([C@@H](Cc1ccccc1)C(=O)C(=O)OC(C)C)N1C(=O)C(C(C)C)N(C(=O)c2cccnc2)C=C1c1ccccc1. The molecule has 1 aliphatic rings. The zero-order chi connectivity index (χ0) is 32.0. The smallest absolute Gasteiger partial charge is 0.377 e. The van der Waals surface area contributed by atoms with E-state index in [1.54, 1.807) is 101 Å². The first-order chi connectivity index (χ1) is 21.0. The summed E-state index contributed by atoms with van der Waals surface area (Å²) < 4.78 is 5.24. The first-order valence-electron chi connectivity index (χ1n) is 14.4. The Morgan fingerprint density at radius 2 is 1.55 bits per heavy atom. The van der Waals surface area contributed by atoms with Crippen LogP contribution < -0.4 is 0 Å². The molecule has 0 spiro atoms. The highest BCUT2D eigenvalue weighted by atomic mass is 16.5. The molecule has 1 aliphatic heterocycles. The second-order valence-corrected chi connectivity index (χ2v) is 11.1. The number of carbonyl (C=O) groups excluding carboxylic acids is 5. The Labute approximate surface area is 256 Å². The summed E-state index contributed by atoms with van der Waals surface area (Å²) in [6.07, 6.45) is 3.84. The maximum Gasteiger partial charge on any atom is 0.377 e. The number of esters is 1. The van der Waals surface area contributed by atoms with E-state index in [0.717, 1.165) is 10.0 Å². The molecule has 0 aliphatic carbocycles. The van der Waals surface area contributed by atoms with Crippen LogP contribution in [-0.4, -0.2) is 67.6 Å². The van der Waals surface area contributed by atoms with Gasteiger partial charge in [-0.25, -0.2) is 14.8 Å². The van der Waals surface area contributed by atoms with Crippen molar-refractivity contribution in [1.29, 1.82) is 0 Å². The molecule has 2 aromatic carbocycles. The maximum atomic E-state index is 14.6. The van der Waals surface area contributed by atoms with E-state index in [1.165, 1.54) is 24.2 Å². The number of carbonyl (C=O) groups is 5. The van der Waals surface area contributed by atoms with E-state index in [2.05, 4.69) is 4.98 Å². The lowest BCUT2D eigenvalue weighted by molar-refractivity contribution is -0.171. The van der Waals surface area contributed by atoms with Crippen molar-refractivity contribution in [3.8, 4) is 0 Å². The van der Waals surface area contributed by atoms with Crippen LogP contribution in [0.3, 0.4) is 0 Å². The highest BCUT2D eigenvalue weighted by Gasteiger charge is 2.47. The van der Waals surface area contributed by atoms with Gasteiger partial charge >= 0.3 is 5.97 Å². The monoisotopic (exact) mass is 596 g/mol. The topological polar surface area (TPSA) is 117 Å². The molecular formula is C34H36N4O6. The Bertz CT molecular complexity index is 1540. The second kappa shape index (κ2) is 13.9. The van der Waals surface area contributed by atoms with Gasteiger partial charge in [0.25, 0.3) is 17.6 Å². The number of benzene rings is 2. The van der Waals surface area contributed by atoms with Crippen LogP contribution in [0, 0.1) is 5.92 Å². The summed E-state index contributed by atoms with van der Waals surface area (Å²) in [6.45, 7) is 8.04. The van der Waals surface area contributed by atoms with Crippen molar-refractivity contribution < 1.29 is 28.7 Å². The molecule has 228 valence electrons. The molecule has 10 nitrogen and oxygen atoms in total. The molecular weight excluding hydrogens is 560 g/mol. The van der Waals surface area contributed by atoms with Crippen molar-refractivity contribution in [2.45, 2.75) is 59.2 Å². The highest BCUT2D eigenvalue weighted by Crippen LogP contribution is 2.34. The van der Waals surface area contributed by atoms with Gasteiger partial charge in [0, 0.05) is 37.5 Å². The summed E-state index contributed by atoms with van der Waals surface area (Å²) in [5.74, 6) is -4.21. The standard InChI is InChI=1S/C34H36N4O6/c1-22(2)30-33(42)38(29(26-15-10-7-11-16-26)21-36(30)32(41)27-17-12-18-35-20-27)37(24(5)39)28(19-25-13-8-6-9-14-25)31(40)34(43)44-23(3)4/h6-18,20-23,28,30H,19H2,1-5H3/t28-,30?/m0/s1. The first-order valence-corrected chi connectivity index (χ1v) is 14.4. The van der Waals surface area contributed by atoms with Gasteiger partial charge in [-0.2, -0.15) is 0 Å². The number of rotatable bonds is 10. The molecule has 0 saturated heterocycles. The number of hydrogen-bond donors (Lipinski definition) is 0. The lowest BCUT2D eigenvalue weighted by atomic mass is 9.96. The van der Waals surface area contributed by atoms with Crippen molar-refractivity contribution in [3.05, 3.63) is 108 Å². The van der Waals surface area contributed by atoms with E-state index in [9.17, 15) is 24.0 Å². The molecule has 3 aromatic rings. The molecule has 0 radical (unpaired) electrons. The fourth-order valence-corrected chi connectivity index (χ4v) is 5.12. The molecule has 44 heavy (non-hydrogen) atoms. The van der Waals surface area contributed by atoms with Gasteiger partial charge in [-0.3, -0.25) is 29.1 Å². The number of pyridine rings is 1. The van der Waals surface area contributed by atoms with Gasteiger partial charge in [0.05, 0.1) is 17.4 Å². The van der Waals surface area contributed by atoms with Crippen LogP contribution in [0.5, 0.6) is 0 Å². The van der Waals surface area contributed by atoms with Gasteiger partial charge < -0.3 is 4.74 Å². The Balaban J connectivity index is 1.93. The first kappa shape index (κ1) is 31.8. The Morgan fingerprint density at radius 1 is 0.909 bits per heavy atom. The van der Waals surface area contributed by atoms with Crippen LogP contribution in [0.15, 0.2) is 91.4 Å². The van der Waals surface area contributed by atoms with E-state index in [1.807, 2.05) is 6.07 Å². The van der Waals surface area contributed by atoms with E-state index in [-0.39, 0.29) is 17.7 Å². The van der Waals surface area contributed by atoms with E-state index >= 15 is 0 Å². The molecule has 2 heterocycles.